The number of ether oxygens (including phenoxy) is 2. The molecule has 21 heavy (non-hydrogen) atoms. The molecule has 5 heteroatoms. The van der Waals surface area contributed by atoms with Crippen molar-refractivity contribution in [1.29, 1.82) is 0 Å². The number of esters is 1. The van der Waals surface area contributed by atoms with Gasteiger partial charge >= 0.3 is 5.97 Å². The number of fused-ring (bicyclic) bond motifs is 1. The van der Waals surface area contributed by atoms with E-state index in [1.807, 2.05) is 24.3 Å². The highest BCUT2D eigenvalue weighted by atomic mass is 35.5. The summed E-state index contributed by atoms with van der Waals surface area (Å²) in [6, 6.07) is 10.9. The Labute approximate surface area is 127 Å². The minimum absolute atomic E-state index is 0.176. The van der Waals surface area contributed by atoms with E-state index < -0.39 is 5.97 Å². The number of ketones is 1. The lowest BCUT2D eigenvalue weighted by molar-refractivity contribution is -0.145. The van der Waals surface area contributed by atoms with Crippen LogP contribution < -0.4 is 4.74 Å². The fourth-order valence-corrected chi connectivity index (χ4v) is 2.17. The number of benzene rings is 2. The number of carbonyl (C=O) groups is 2. The molecule has 0 bridgehead atoms. The standard InChI is InChI=1S/C16H15ClO4/c1-2-20-16(19)9-11(18)10-21-15-8-7-14(17)12-5-3-4-6-13(12)15/h3-8H,2,9-10H2,1H3. The molecule has 2 rings (SSSR count). The normalized spacial score (nSPS) is 10.4. The highest BCUT2D eigenvalue weighted by Gasteiger charge is 2.12. The van der Waals surface area contributed by atoms with Gasteiger partial charge in [0, 0.05) is 15.8 Å². The lowest BCUT2D eigenvalue weighted by atomic mass is 10.1. The molecule has 0 aliphatic rings. The van der Waals surface area contributed by atoms with E-state index in [9.17, 15) is 9.59 Å². The molecule has 0 aliphatic carbocycles. The Balaban J connectivity index is 2.06. The topological polar surface area (TPSA) is 52.6 Å². The zero-order chi connectivity index (χ0) is 15.2. The van der Waals surface area contributed by atoms with Gasteiger partial charge in [0.25, 0.3) is 0 Å². The number of halogens is 1. The molecule has 2 aromatic carbocycles. The van der Waals surface area contributed by atoms with Gasteiger partial charge in [-0.1, -0.05) is 35.9 Å². The van der Waals surface area contributed by atoms with Crippen molar-refractivity contribution < 1.29 is 19.1 Å². The average Bonchev–Trinajstić information content (AvgIpc) is 2.47. The van der Waals surface area contributed by atoms with Gasteiger partial charge in [-0.05, 0) is 19.1 Å². The summed E-state index contributed by atoms with van der Waals surface area (Å²) in [4.78, 5) is 22.9. The molecule has 0 spiro atoms. The van der Waals surface area contributed by atoms with Crippen molar-refractivity contribution in [3.8, 4) is 5.75 Å². The van der Waals surface area contributed by atoms with Crippen LogP contribution in [0.3, 0.4) is 0 Å². The van der Waals surface area contributed by atoms with Crippen molar-refractivity contribution in [2.45, 2.75) is 13.3 Å². The molecule has 0 N–H and O–H groups in total. The maximum absolute atomic E-state index is 11.7. The highest BCUT2D eigenvalue weighted by Crippen LogP contribution is 2.31. The largest absolute Gasteiger partial charge is 0.485 e. The van der Waals surface area contributed by atoms with E-state index in [0.29, 0.717) is 10.8 Å². The smallest absolute Gasteiger partial charge is 0.313 e. The van der Waals surface area contributed by atoms with E-state index in [1.54, 1.807) is 19.1 Å². The van der Waals surface area contributed by atoms with Crippen molar-refractivity contribution in [2.24, 2.45) is 0 Å². The third-order valence-corrected chi connectivity index (χ3v) is 3.20. The summed E-state index contributed by atoms with van der Waals surface area (Å²) >= 11 is 6.11. The van der Waals surface area contributed by atoms with Gasteiger partial charge in [0.05, 0.1) is 6.61 Å². The Morgan fingerprint density at radius 3 is 2.52 bits per heavy atom. The summed E-state index contributed by atoms with van der Waals surface area (Å²) in [7, 11) is 0. The Kier molecular flexibility index (Phi) is 5.17. The molecule has 0 atom stereocenters. The molecular formula is C16H15ClO4. The van der Waals surface area contributed by atoms with Gasteiger partial charge in [-0.15, -0.1) is 0 Å². The Morgan fingerprint density at radius 2 is 1.81 bits per heavy atom. The third kappa shape index (κ3) is 3.95. The van der Waals surface area contributed by atoms with Gasteiger partial charge in [-0.25, -0.2) is 0 Å². The van der Waals surface area contributed by atoms with Gasteiger partial charge in [-0.2, -0.15) is 0 Å². The average molecular weight is 307 g/mol. The summed E-state index contributed by atoms with van der Waals surface area (Å²) in [6.45, 7) is 1.78. The van der Waals surface area contributed by atoms with Gasteiger partial charge in [0.2, 0.25) is 0 Å². The van der Waals surface area contributed by atoms with Crippen molar-refractivity contribution in [3.05, 3.63) is 41.4 Å². The Bertz CT molecular complexity index is 666. The predicted molar refractivity (Wildman–Crippen MR) is 80.7 cm³/mol. The number of hydrogen-bond acceptors (Lipinski definition) is 4. The van der Waals surface area contributed by atoms with E-state index in [-0.39, 0.29) is 25.4 Å². The molecule has 0 amide bonds. The first-order chi connectivity index (χ1) is 10.1. The van der Waals surface area contributed by atoms with Crippen molar-refractivity contribution in [2.75, 3.05) is 13.2 Å². The lowest BCUT2D eigenvalue weighted by Crippen LogP contribution is -2.17. The molecular weight excluding hydrogens is 292 g/mol. The second kappa shape index (κ2) is 7.09. The van der Waals surface area contributed by atoms with Crippen LogP contribution in [0.2, 0.25) is 5.02 Å². The predicted octanol–water partition coefficient (Wildman–Crippen LogP) is 3.39. The van der Waals surface area contributed by atoms with Crippen LogP contribution in [0.15, 0.2) is 36.4 Å². The maximum atomic E-state index is 11.7. The van der Waals surface area contributed by atoms with E-state index in [0.717, 1.165) is 10.8 Å². The number of rotatable bonds is 6. The first-order valence-corrected chi connectivity index (χ1v) is 6.97. The van der Waals surface area contributed by atoms with Crippen LogP contribution in [0.4, 0.5) is 0 Å². The zero-order valence-electron chi connectivity index (χ0n) is 11.6. The fourth-order valence-electron chi connectivity index (χ4n) is 1.94. The molecule has 0 heterocycles. The van der Waals surface area contributed by atoms with E-state index in [1.165, 1.54) is 0 Å². The van der Waals surface area contributed by atoms with Crippen LogP contribution >= 0.6 is 11.6 Å². The Morgan fingerprint density at radius 1 is 1.10 bits per heavy atom. The van der Waals surface area contributed by atoms with Crippen LogP contribution in [0.5, 0.6) is 5.75 Å². The van der Waals surface area contributed by atoms with Gasteiger partial charge in [0.1, 0.15) is 18.8 Å². The van der Waals surface area contributed by atoms with Crippen LogP contribution in [-0.4, -0.2) is 25.0 Å². The van der Waals surface area contributed by atoms with E-state index in [4.69, 9.17) is 21.1 Å². The molecule has 0 aromatic heterocycles. The molecule has 0 saturated carbocycles. The van der Waals surface area contributed by atoms with Crippen LogP contribution in [0.1, 0.15) is 13.3 Å². The highest BCUT2D eigenvalue weighted by molar-refractivity contribution is 6.35. The second-order valence-electron chi connectivity index (χ2n) is 4.40. The number of hydrogen-bond donors (Lipinski definition) is 0. The SMILES string of the molecule is CCOC(=O)CC(=O)COc1ccc(Cl)c2ccccc12. The van der Waals surface area contributed by atoms with Crippen LogP contribution in [-0.2, 0) is 14.3 Å². The summed E-state index contributed by atoms with van der Waals surface area (Å²) in [5, 5.41) is 2.30. The van der Waals surface area contributed by atoms with Crippen molar-refractivity contribution >= 4 is 34.1 Å². The van der Waals surface area contributed by atoms with E-state index in [2.05, 4.69) is 0 Å². The molecule has 4 nitrogen and oxygen atoms in total. The summed E-state index contributed by atoms with van der Waals surface area (Å²) in [5.41, 5.74) is 0. The molecule has 0 radical (unpaired) electrons. The number of Topliss-reactive ketones (excluding diaryl/α,β-unsaturated/α-hetero) is 1. The quantitative estimate of drug-likeness (QED) is 0.606. The van der Waals surface area contributed by atoms with Crippen LogP contribution in [0.25, 0.3) is 10.8 Å². The number of carbonyl (C=O) groups excluding carboxylic acids is 2. The second-order valence-corrected chi connectivity index (χ2v) is 4.81. The zero-order valence-corrected chi connectivity index (χ0v) is 12.4. The van der Waals surface area contributed by atoms with Gasteiger partial charge in [0.15, 0.2) is 5.78 Å². The summed E-state index contributed by atoms with van der Waals surface area (Å²) < 4.78 is 10.2. The minimum Gasteiger partial charge on any atom is -0.485 e. The van der Waals surface area contributed by atoms with Crippen molar-refractivity contribution in [1.82, 2.24) is 0 Å². The fraction of sp³-hybridized carbons (Fsp3) is 0.250. The summed E-state index contributed by atoms with van der Waals surface area (Å²) in [5.74, 6) is -0.299. The monoisotopic (exact) mass is 306 g/mol. The van der Waals surface area contributed by atoms with Crippen LogP contribution in [0, 0.1) is 0 Å². The van der Waals surface area contributed by atoms with E-state index >= 15 is 0 Å². The minimum atomic E-state index is -0.535. The molecule has 0 unspecified atom stereocenters. The molecule has 0 aliphatic heterocycles. The lowest BCUT2D eigenvalue weighted by Gasteiger charge is -2.09. The van der Waals surface area contributed by atoms with Crippen molar-refractivity contribution in [3.63, 3.8) is 0 Å². The first kappa shape index (κ1) is 15.3. The molecule has 0 fully saturated rings. The molecule has 2 aromatic rings. The molecule has 0 saturated heterocycles. The van der Waals surface area contributed by atoms with Gasteiger partial charge < -0.3 is 9.47 Å². The molecule has 110 valence electrons. The third-order valence-electron chi connectivity index (χ3n) is 2.87. The first-order valence-electron chi connectivity index (χ1n) is 6.59. The summed E-state index contributed by atoms with van der Waals surface area (Å²) in [6.07, 6.45) is -0.278. The Hall–Kier alpha value is -2.07. The van der Waals surface area contributed by atoms with Gasteiger partial charge in [-0.3, -0.25) is 9.59 Å². The maximum Gasteiger partial charge on any atom is 0.313 e.